The monoisotopic (exact) mass is 1090 g/mol. The summed E-state index contributed by atoms with van der Waals surface area (Å²) >= 11 is 1.54. The number of hydrogen-bond acceptors (Lipinski definition) is 15. The molecular formula is C60H69FN10O7S. The van der Waals surface area contributed by atoms with E-state index in [0.717, 1.165) is 61.3 Å². The summed E-state index contributed by atoms with van der Waals surface area (Å²) in [5.74, 6) is 1.57. The number of benzene rings is 3. The number of anilines is 1. The van der Waals surface area contributed by atoms with Crippen molar-refractivity contribution in [1.82, 2.24) is 45.3 Å². The Labute approximate surface area is 463 Å². The molecule has 6 aromatic rings. The number of carbonyl (C=O) groups is 3. The molecule has 2 unspecified atom stereocenters. The van der Waals surface area contributed by atoms with Gasteiger partial charge in [0.2, 0.25) is 17.7 Å². The lowest BCUT2D eigenvalue weighted by molar-refractivity contribution is -0.152. The molecule has 5 aliphatic heterocycles. The highest BCUT2D eigenvalue weighted by Gasteiger charge is 2.50. The van der Waals surface area contributed by atoms with Crippen LogP contribution in [0.3, 0.4) is 0 Å². The molecule has 5 N–H and O–H groups in total. The number of amides is 3. The highest BCUT2D eigenvalue weighted by atomic mass is 32.1. The second-order valence-electron chi connectivity index (χ2n) is 23.2. The number of β-amino-alcohol motifs (C(OH)–C–C–N with tert-alkyl or cyclic N) is 1. The van der Waals surface area contributed by atoms with Gasteiger partial charge in [-0.2, -0.15) is 9.97 Å². The summed E-state index contributed by atoms with van der Waals surface area (Å²) in [6.07, 6.45) is 12.8. The van der Waals surface area contributed by atoms with E-state index in [-0.39, 0.29) is 85.1 Å². The molecule has 0 saturated carbocycles. The quantitative estimate of drug-likeness (QED) is 0.0626. The third-order valence-corrected chi connectivity index (χ3v) is 17.8. The summed E-state index contributed by atoms with van der Waals surface area (Å²) in [5, 5.41) is 40.6. The van der Waals surface area contributed by atoms with Crippen molar-refractivity contribution in [2.24, 2.45) is 5.41 Å². The number of nitrogens with zero attached hydrogens (tertiary/aromatic N) is 8. The number of nitrogens with one attached hydrogen (secondary N) is 2. The molecule has 3 aromatic heterocycles. The summed E-state index contributed by atoms with van der Waals surface area (Å²) < 4.78 is 23.8. The number of aliphatic hydroxyl groups is 2. The molecule has 3 amide bonds. The maximum Gasteiger partial charge on any atom is 0.319 e. The first-order valence-corrected chi connectivity index (χ1v) is 28.6. The topological polar surface area (TPSA) is 210 Å². The van der Waals surface area contributed by atoms with Crippen LogP contribution in [-0.2, 0) is 14.4 Å². The zero-order valence-electron chi connectivity index (χ0n) is 45.2. The van der Waals surface area contributed by atoms with E-state index in [4.69, 9.17) is 21.1 Å². The maximum atomic E-state index is 17.3. The lowest BCUT2D eigenvalue weighted by Gasteiger charge is -2.43. The van der Waals surface area contributed by atoms with E-state index in [1.54, 1.807) is 34.8 Å². The zero-order chi connectivity index (χ0) is 55.3. The first-order chi connectivity index (χ1) is 38.1. The van der Waals surface area contributed by atoms with E-state index in [1.807, 2.05) is 58.0 Å². The first kappa shape index (κ1) is 54.2. The van der Waals surface area contributed by atoms with Crippen LogP contribution in [-0.4, -0.2) is 156 Å². The number of likely N-dealkylation sites (tertiary alicyclic amines) is 3. The van der Waals surface area contributed by atoms with Gasteiger partial charge in [-0.1, -0.05) is 63.1 Å². The number of rotatable bonds is 16. The van der Waals surface area contributed by atoms with Gasteiger partial charge >= 0.3 is 6.01 Å². The van der Waals surface area contributed by atoms with E-state index >= 15 is 4.39 Å². The van der Waals surface area contributed by atoms with Crippen molar-refractivity contribution in [2.45, 2.75) is 134 Å². The molecule has 11 rings (SSSR count). The van der Waals surface area contributed by atoms with Crippen LogP contribution < -0.4 is 20.3 Å². The Balaban J connectivity index is 0.774. The van der Waals surface area contributed by atoms with Gasteiger partial charge < -0.3 is 45.4 Å². The van der Waals surface area contributed by atoms with Crippen molar-refractivity contribution in [3.63, 3.8) is 0 Å². The van der Waals surface area contributed by atoms with E-state index in [0.29, 0.717) is 71.0 Å². The van der Waals surface area contributed by atoms with Crippen molar-refractivity contribution in [2.75, 3.05) is 50.8 Å². The zero-order valence-corrected chi connectivity index (χ0v) is 46.0. The lowest BCUT2D eigenvalue weighted by atomic mass is 9.83. The number of thiazole rings is 1. The van der Waals surface area contributed by atoms with Gasteiger partial charge in [0.15, 0.2) is 5.82 Å². The highest BCUT2D eigenvalue weighted by molar-refractivity contribution is 7.13. The molecule has 19 heteroatoms. The average molecular weight is 1090 g/mol. The van der Waals surface area contributed by atoms with E-state index in [1.165, 1.54) is 22.3 Å². The summed E-state index contributed by atoms with van der Waals surface area (Å²) in [6.45, 7) is 10.5. The lowest BCUT2D eigenvalue weighted by Crippen LogP contribution is -2.60. The van der Waals surface area contributed by atoms with Crippen LogP contribution in [0.25, 0.3) is 43.4 Å². The van der Waals surface area contributed by atoms with Crippen molar-refractivity contribution >= 4 is 56.6 Å². The number of pyridine rings is 1. The Bertz CT molecular complexity index is 3320. The smallest absolute Gasteiger partial charge is 0.319 e. The SMILES string of the molecule is C#Cc1cccc2cc(O)cc(-c3ncc4c(N5CC6CCC(C5)N6)nc(OC[C@@H]5CCCN5CCC[C@H]5CCC(=O)N5[C@H](C(=O)N5C[C@H](O)C[C@H]5C(=O)N[C@@H](CO)c5ccc(-c6scnc6C)cc5)C(C)(C)C)nc4c3F)c12. The molecule has 414 valence electrons. The number of hydrogen-bond donors (Lipinski definition) is 5. The Hall–Kier alpha value is -6.82. The molecule has 0 radical (unpaired) electrons. The Morgan fingerprint density at radius 1 is 1.03 bits per heavy atom. The minimum Gasteiger partial charge on any atom is -0.508 e. The van der Waals surface area contributed by atoms with Crippen LogP contribution in [0.2, 0.25) is 0 Å². The number of phenols is 1. The van der Waals surface area contributed by atoms with Crippen LogP contribution in [0.1, 0.15) is 101 Å². The van der Waals surface area contributed by atoms with Gasteiger partial charge in [0.25, 0.3) is 0 Å². The van der Waals surface area contributed by atoms with Crippen molar-refractivity contribution < 1.29 is 38.8 Å². The fourth-order valence-electron chi connectivity index (χ4n) is 13.0. The molecule has 5 fully saturated rings. The van der Waals surface area contributed by atoms with E-state index in [9.17, 15) is 29.7 Å². The molecule has 5 aliphatic rings. The number of fused-ring (bicyclic) bond motifs is 4. The number of halogens is 1. The van der Waals surface area contributed by atoms with Gasteiger partial charge in [-0.25, -0.2) is 9.37 Å². The summed E-state index contributed by atoms with van der Waals surface area (Å²) in [7, 11) is 0. The number of piperazine rings is 1. The number of carbonyl (C=O) groups excluding carboxylic acids is 3. The molecule has 3 aromatic carbocycles. The van der Waals surface area contributed by atoms with Crippen LogP contribution in [0, 0.1) is 30.5 Å². The maximum absolute atomic E-state index is 17.3. The Kier molecular flexibility index (Phi) is 15.3. The first-order valence-electron chi connectivity index (χ1n) is 27.7. The Morgan fingerprint density at radius 2 is 1.81 bits per heavy atom. The third kappa shape index (κ3) is 10.9. The van der Waals surface area contributed by atoms with Gasteiger partial charge in [-0.15, -0.1) is 17.8 Å². The normalized spacial score (nSPS) is 23.2. The molecule has 0 spiro atoms. The van der Waals surface area contributed by atoms with Crippen LogP contribution in [0.5, 0.6) is 11.8 Å². The predicted octanol–water partition coefficient (Wildman–Crippen LogP) is 6.88. The number of aliphatic hydroxyl groups excluding tert-OH is 2. The molecular weight excluding hydrogens is 1020 g/mol. The minimum absolute atomic E-state index is 0.00485. The number of ether oxygens (including phenoxy) is 1. The number of aromatic hydroxyl groups is 1. The molecule has 0 aliphatic carbocycles. The Morgan fingerprint density at radius 3 is 2.53 bits per heavy atom. The van der Waals surface area contributed by atoms with Crippen molar-refractivity contribution in [1.29, 1.82) is 0 Å². The van der Waals surface area contributed by atoms with Crippen molar-refractivity contribution in [3.8, 4) is 45.8 Å². The molecule has 2 bridgehead atoms. The van der Waals surface area contributed by atoms with Gasteiger partial charge in [0, 0.05) is 79.4 Å². The van der Waals surface area contributed by atoms with Crippen LogP contribution in [0.4, 0.5) is 10.2 Å². The van der Waals surface area contributed by atoms with Gasteiger partial charge in [0.05, 0.1) is 40.2 Å². The minimum atomic E-state index is -1.00. The number of phenolic OH excluding ortho intramolecular Hbond substituents is 1. The van der Waals surface area contributed by atoms with Crippen LogP contribution >= 0.6 is 11.3 Å². The second kappa shape index (κ2) is 22.4. The summed E-state index contributed by atoms with van der Waals surface area (Å²) in [4.78, 5) is 70.5. The molecule has 5 saturated heterocycles. The molecule has 8 atom stereocenters. The van der Waals surface area contributed by atoms with Gasteiger partial charge in [-0.05, 0) is 105 Å². The largest absolute Gasteiger partial charge is 0.508 e. The van der Waals surface area contributed by atoms with Crippen molar-refractivity contribution in [3.05, 3.63) is 88.9 Å². The fourth-order valence-corrected chi connectivity index (χ4v) is 13.8. The van der Waals surface area contributed by atoms with Gasteiger partial charge in [0.1, 0.15) is 41.5 Å². The summed E-state index contributed by atoms with van der Waals surface area (Å²) in [5.41, 5.74) is 4.63. The molecule has 17 nitrogen and oxygen atoms in total. The third-order valence-electron chi connectivity index (χ3n) is 16.8. The standard InChI is InChI=1S/C60H69FN10O7S/c1-6-35-10-7-11-38-24-43(73)25-45(50(35)38)52-51(61)53-46(27-62-52)56(69-28-39-18-19-40(29-69)64-39)67-59(66-53)78-32-42-13-9-23-68(42)22-8-12-41-20-21-49(75)71(41)55(60(3,4)5)58(77)70-30-44(74)26-48(70)57(76)65-47(31-72)36-14-16-37(17-15-36)54-34(2)63-33-79-54/h1,7,10-11,14-17,24-25,27,33,39-42,44,47-48,55,64,72-74H,8-9,12-13,18-23,26,28-32H2,2-5H3,(H,65,76)/t39?,40?,41-,42-,44+,47-,48-,55+/m0/s1. The van der Waals surface area contributed by atoms with Gasteiger partial charge in [-0.3, -0.25) is 24.3 Å². The average Bonchev–Trinajstić information content (AvgIpc) is 4.38. The number of aromatic nitrogens is 4. The number of aryl methyl sites for hydroxylation is 1. The predicted molar refractivity (Wildman–Crippen MR) is 301 cm³/mol. The van der Waals surface area contributed by atoms with Crippen LogP contribution in [0.15, 0.2) is 66.3 Å². The summed E-state index contributed by atoms with van der Waals surface area (Å²) in [6, 6.07) is 13.8. The van der Waals surface area contributed by atoms with E-state index < -0.39 is 41.4 Å². The highest BCUT2D eigenvalue weighted by Crippen LogP contribution is 2.40. The fraction of sp³-hybridized carbons (Fsp3) is 0.483. The molecule has 79 heavy (non-hydrogen) atoms. The second-order valence-corrected chi connectivity index (χ2v) is 24.0. The van der Waals surface area contributed by atoms with E-state index in [2.05, 4.69) is 36.3 Å². The number of terminal acetylenes is 1. The molecule has 8 heterocycles.